The second-order valence-electron chi connectivity index (χ2n) is 5.52. The Labute approximate surface area is 127 Å². The van der Waals surface area contributed by atoms with Crippen LogP contribution in [0, 0.1) is 0 Å². The summed E-state index contributed by atoms with van der Waals surface area (Å²) in [7, 11) is -3.40. The van der Waals surface area contributed by atoms with Crippen molar-refractivity contribution in [2.45, 2.75) is 59.0 Å². The van der Waals surface area contributed by atoms with E-state index >= 15 is 0 Å². The van der Waals surface area contributed by atoms with Crippen molar-refractivity contribution in [1.82, 2.24) is 18.8 Å². The first-order chi connectivity index (χ1) is 10.1. The Morgan fingerprint density at radius 3 is 2.67 bits per heavy atom. The predicted molar refractivity (Wildman–Crippen MR) is 83.1 cm³/mol. The van der Waals surface area contributed by atoms with Crippen molar-refractivity contribution in [2.75, 3.05) is 13.1 Å². The number of hydrogen-bond donors (Lipinski definition) is 1. The van der Waals surface area contributed by atoms with Gasteiger partial charge in [0.05, 0.1) is 6.20 Å². The fourth-order valence-electron chi connectivity index (χ4n) is 2.74. The molecule has 21 heavy (non-hydrogen) atoms. The topological polar surface area (TPSA) is 67.2 Å². The highest BCUT2D eigenvalue weighted by atomic mass is 32.2. The minimum Gasteiger partial charge on any atom is -0.269 e. The fourth-order valence-corrected chi connectivity index (χ4v) is 4.11. The van der Waals surface area contributed by atoms with E-state index in [1.807, 2.05) is 18.5 Å². The van der Waals surface area contributed by atoms with Gasteiger partial charge in [-0.3, -0.25) is 4.68 Å². The average molecular weight is 314 g/mol. The molecular formula is C14H26N4O2S. The fraction of sp³-hybridized carbons (Fsp3) is 0.786. The summed E-state index contributed by atoms with van der Waals surface area (Å²) < 4.78 is 31.0. The normalized spacial score (nSPS) is 15.4. The number of nitrogens with zero attached hydrogens (tertiary/aromatic N) is 3. The molecule has 0 aliphatic carbocycles. The number of aryl methyl sites for hydroxylation is 1. The second-order valence-corrected chi connectivity index (χ2v) is 7.28. The molecule has 6 nitrogen and oxygen atoms in total. The van der Waals surface area contributed by atoms with Crippen LogP contribution < -0.4 is 4.72 Å². The third-order valence-electron chi connectivity index (χ3n) is 3.80. The molecule has 0 unspecified atom stereocenters. The van der Waals surface area contributed by atoms with E-state index in [0.717, 1.165) is 44.2 Å². The Morgan fingerprint density at radius 2 is 2.00 bits per heavy atom. The van der Waals surface area contributed by atoms with Crippen LogP contribution in [0.25, 0.3) is 0 Å². The summed E-state index contributed by atoms with van der Waals surface area (Å²) in [4.78, 5) is 0. The van der Waals surface area contributed by atoms with Gasteiger partial charge in [-0.15, -0.1) is 0 Å². The van der Waals surface area contributed by atoms with Crippen molar-refractivity contribution in [3.8, 4) is 0 Å². The van der Waals surface area contributed by atoms with E-state index in [4.69, 9.17) is 0 Å². The number of rotatable bonds is 8. The number of fused-ring (bicyclic) bond motifs is 1. The highest BCUT2D eigenvalue weighted by Gasteiger charge is 2.21. The molecule has 1 aliphatic heterocycles. The zero-order valence-electron chi connectivity index (χ0n) is 13.0. The van der Waals surface area contributed by atoms with Crippen LogP contribution in [0.1, 0.15) is 50.8 Å². The molecule has 1 N–H and O–H groups in total. The minimum absolute atomic E-state index is 0.335. The molecule has 0 atom stereocenters. The van der Waals surface area contributed by atoms with Crippen LogP contribution in [0.4, 0.5) is 0 Å². The molecule has 7 heteroatoms. The average Bonchev–Trinajstić information content (AvgIpc) is 2.88. The Morgan fingerprint density at radius 1 is 1.29 bits per heavy atom. The van der Waals surface area contributed by atoms with Crippen molar-refractivity contribution in [1.29, 1.82) is 0 Å². The summed E-state index contributed by atoms with van der Waals surface area (Å²) in [5.41, 5.74) is 2.19. The third-order valence-corrected chi connectivity index (χ3v) is 5.35. The van der Waals surface area contributed by atoms with E-state index in [-0.39, 0.29) is 0 Å². The first kappa shape index (κ1) is 16.5. The van der Waals surface area contributed by atoms with E-state index in [1.54, 1.807) is 6.20 Å². The Kier molecular flexibility index (Phi) is 5.78. The van der Waals surface area contributed by atoms with Gasteiger partial charge in [-0.1, -0.05) is 13.8 Å². The predicted octanol–water partition coefficient (Wildman–Crippen LogP) is 1.68. The number of hydrogen-bond acceptors (Lipinski definition) is 3. The van der Waals surface area contributed by atoms with Gasteiger partial charge in [0.2, 0.25) is 0 Å². The van der Waals surface area contributed by atoms with Crippen LogP contribution in [-0.4, -0.2) is 35.6 Å². The minimum atomic E-state index is -3.40. The van der Waals surface area contributed by atoms with Crippen LogP contribution in [0.15, 0.2) is 6.20 Å². The Hall–Kier alpha value is -0.920. The van der Waals surface area contributed by atoms with Gasteiger partial charge in [0, 0.05) is 37.4 Å². The maximum atomic E-state index is 12.4. The van der Waals surface area contributed by atoms with Crippen LogP contribution in [-0.2, 0) is 29.7 Å². The zero-order chi connectivity index (χ0) is 15.3. The number of nitrogens with one attached hydrogen (secondary N) is 1. The monoisotopic (exact) mass is 314 g/mol. The summed E-state index contributed by atoms with van der Waals surface area (Å²) in [5, 5.41) is 4.34. The second kappa shape index (κ2) is 7.38. The van der Waals surface area contributed by atoms with Gasteiger partial charge in [0.25, 0.3) is 10.2 Å². The van der Waals surface area contributed by atoms with E-state index in [2.05, 4.69) is 9.82 Å². The number of aromatic nitrogens is 2. The molecule has 0 amide bonds. The highest BCUT2D eigenvalue weighted by molar-refractivity contribution is 7.87. The highest BCUT2D eigenvalue weighted by Crippen LogP contribution is 2.18. The van der Waals surface area contributed by atoms with Crippen molar-refractivity contribution in [3.05, 3.63) is 17.5 Å². The third kappa shape index (κ3) is 4.05. The molecule has 1 aromatic rings. The maximum absolute atomic E-state index is 12.4. The summed E-state index contributed by atoms with van der Waals surface area (Å²) in [6.45, 7) is 6.39. The van der Waals surface area contributed by atoms with Crippen LogP contribution in [0.3, 0.4) is 0 Å². The van der Waals surface area contributed by atoms with Gasteiger partial charge in [0.1, 0.15) is 0 Å². The van der Waals surface area contributed by atoms with E-state index in [9.17, 15) is 8.42 Å². The first-order valence-corrected chi connectivity index (χ1v) is 9.30. The molecule has 2 heterocycles. The molecule has 2 rings (SSSR count). The smallest absolute Gasteiger partial charge is 0.269 e. The lowest BCUT2D eigenvalue weighted by atomic mass is 10.1. The zero-order valence-corrected chi connectivity index (χ0v) is 13.8. The Balaban J connectivity index is 2.02. The van der Waals surface area contributed by atoms with Crippen molar-refractivity contribution in [3.63, 3.8) is 0 Å². The van der Waals surface area contributed by atoms with Crippen molar-refractivity contribution >= 4 is 10.2 Å². The van der Waals surface area contributed by atoms with Gasteiger partial charge in [0.15, 0.2) is 0 Å². The molecule has 1 aromatic heterocycles. The molecule has 0 aromatic carbocycles. The molecule has 1 aliphatic rings. The largest absolute Gasteiger partial charge is 0.279 e. The first-order valence-electron chi connectivity index (χ1n) is 7.86. The van der Waals surface area contributed by atoms with Gasteiger partial charge in [-0.2, -0.15) is 22.5 Å². The molecule has 0 saturated heterocycles. The molecular weight excluding hydrogens is 288 g/mol. The lowest BCUT2D eigenvalue weighted by Gasteiger charge is -2.21. The molecule has 120 valence electrons. The molecule has 0 fully saturated rings. The summed E-state index contributed by atoms with van der Waals surface area (Å²) in [5.74, 6) is 0. The quantitative estimate of drug-likeness (QED) is 0.794. The van der Waals surface area contributed by atoms with Gasteiger partial charge >= 0.3 is 0 Å². The summed E-state index contributed by atoms with van der Waals surface area (Å²) in [6, 6.07) is 0. The van der Waals surface area contributed by atoms with Gasteiger partial charge in [-0.25, -0.2) is 0 Å². The van der Waals surface area contributed by atoms with Gasteiger partial charge < -0.3 is 0 Å². The summed E-state index contributed by atoms with van der Waals surface area (Å²) >= 11 is 0. The van der Waals surface area contributed by atoms with E-state index in [1.165, 1.54) is 10.00 Å². The summed E-state index contributed by atoms with van der Waals surface area (Å²) in [6.07, 6.45) is 6.75. The standard InChI is InChI=1S/C14H26N4O2S/c1-3-8-17(9-4-2)21(19,20)16-12-13-11-15-18-10-6-5-7-14(13)18/h11,16H,3-10,12H2,1-2H3. The van der Waals surface area contributed by atoms with Crippen molar-refractivity contribution in [2.24, 2.45) is 0 Å². The lowest BCUT2D eigenvalue weighted by Crippen LogP contribution is -2.41. The SMILES string of the molecule is CCCN(CCC)S(=O)(=O)NCc1cnn2c1CCCC2. The Bertz CT molecular complexity index is 547. The van der Waals surface area contributed by atoms with E-state index in [0.29, 0.717) is 19.6 Å². The van der Waals surface area contributed by atoms with Gasteiger partial charge in [-0.05, 0) is 32.1 Å². The maximum Gasteiger partial charge on any atom is 0.279 e. The van der Waals surface area contributed by atoms with E-state index < -0.39 is 10.2 Å². The van der Waals surface area contributed by atoms with Crippen LogP contribution in [0.5, 0.6) is 0 Å². The molecule has 0 spiro atoms. The van der Waals surface area contributed by atoms with Crippen molar-refractivity contribution < 1.29 is 8.42 Å². The molecule has 0 saturated carbocycles. The lowest BCUT2D eigenvalue weighted by molar-refractivity contribution is 0.401. The molecule has 0 bridgehead atoms. The van der Waals surface area contributed by atoms with Crippen LogP contribution in [0.2, 0.25) is 0 Å². The molecule has 0 radical (unpaired) electrons. The van der Waals surface area contributed by atoms with Crippen LogP contribution >= 0.6 is 0 Å².